The normalized spacial score (nSPS) is 11.4. The Morgan fingerprint density at radius 3 is 2.69 bits per heavy atom. The van der Waals surface area contributed by atoms with Crippen molar-refractivity contribution in [1.29, 1.82) is 0 Å². The molecule has 0 bridgehead atoms. The number of guanidine groups is 1. The number of ether oxygens (including phenoxy) is 1. The number of para-hydroxylation sites is 1. The van der Waals surface area contributed by atoms with Gasteiger partial charge < -0.3 is 20.3 Å². The van der Waals surface area contributed by atoms with Crippen molar-refractivity contribution in [2.45, 2.75) is 26.6 Å². The van der Waals surface area contributed by atoms with Crippen molar-refractivity contribution < 1.29 is 9.13 Å². The van der Waals surface area contributed by atoms with Gasteiger partial charge in [0.15, 0.2) is 5.96 Å². The molecule has 29 heavy (non-hydrogen) atoms. The van der Waals surface area contributed by atoms with Gasteiger partial charge in [0.2, 0.25) is 0 Å². The number of nitrogens with zero attached hydrogens (tertiary/aromatic N) is 2. The van der Waals surface area contributed by atoms with Crippen molar-refractivity contribution in [3.8, 4) is 5.75 Å². The van der Waals surface area contributed by atoms with Gasteiger partial charge in [-0.3, -0.25) is 0 Å². The summed E-state index contributed by atoms with van der Waals surface area (Å²) in [6.45, 7) is 8.52. The van der Waals surface area contributed by atoms with E-state index in [1.807, 2.05) is 56.3 Å². The predicted octanol–water partition coefficient (Wildman–Crippen LogP) is 3.71. The molecule has 0 aliphatic heterocycles. The Hall–Kier alpha value is -2.86. The van der Waals surface area contributed by atoms with Crippen LogP contribution in [-0.4, -0.2) is 38.1 Å². The zero-order chi connectivity index (χ0) is 21.1. The van der Waals surface area contributed by atoms with Crippen LogP contribution in [-0.2, 0) is 19.6 Å². The molecule has 0 saturated carbocycles. The second kappa shape index (κ2) is 11.9. The highest BCUT2D eigenvalue weighted by molar-refractivity contribution is 5.79. The quantitative estimate of drug-likeness (QED) is 0.364. The first-order valence-electron chi connectivity index (χ1n) is 9.79. The van der Waals surface area contributed by atoms with E-state index in [-0.39, 0.29) is 5.82 Å². The SMILES string of the molecule is C=CCOc1ccccc1CNC(=NCc1ccc(F)c(CN(C)C)c1)NCC. The third-order valence-electron chi connectivity index (χ3n) is 4.14. The van der Waals surface area contributed by atoms with Crippen LogP contribution in [0, 0.1) is 5.82 Å². The third kappa shape index (κ3) is 7.58. The molecule has 156 valence electrons. The molecule has 0 unspecified atom stereocenters. The minimum atomic E-state index is -0.187. The number of benzene rings is 2. The molecule has 2 aromatic carbocycles. The Kier molecular flexibility index (Phi) is 9.18. The Labute approximate surface area is 173 Å². The summed E-state index contributed by atoms with van der Waals surface area (Å²) in [6, 6.07) is 13.0. The van der Waals surface area contributed by atoms with Crippen LogP contribution in [0.4, 0.5) is 4.39 Å². The first-order chi connectivity index (χ1) is 14.0. The van der Waals surface area contributed by atoms with Crippen molar-refractivity contribution in [3.05, 3.63) is 77.6 Å². The molecule has 0 aliphatic carbocycles. The van der Waals surface area contributed by atoms with Crippen LogP contribution in [0.5, 0.6) is 5.75 Å². The van der Waals surface area contributed by atoms with E-state index in [1.165, 1.54) is 6.07 Å². The van der Waals surface area contributed by atoms with E-state index in [0.717, 1.165) is 23.4 Å². The molecule has 6 heteroatoms. The predicted molar refractivity (Wildman–Crippen MR) is 118 cm³/mol. The molecule has 0 aromatic heterocycles. The lowest BCUT2D eigenvalue weighted by Gasteiger charge is -2.14. The minimum absolute atomic E-state index is 0.187. The van der Waals surface area contributed by atoms with Gasteiger partial charge in [-0.25, -0.2) is 9.38 Å². The summed E-state index contributed by atoms with van der Waals surface area (Å²) >= 11 is 0. The van der Waals surface area contributed by atoms with Gasteiger partial charge in [-0.2, -0.15) is 0 Å². The zero-order valence-corrected chi connectivity index (χ0v) is 17.5. The summed E-state index contributed by atoms with van der Waals surface area (Å²) < 4.78 is 19.7. The second-order valence-electron chi connectivity index (χ2n) is 6.92. The third-order valence-corrected chi connectivity index (χ3v) is 4.14. The topological polar surface area (TPSA) is 48.9 Å². The smallest absolute Gasteiger partial charge is 0.191 e. The van der Waals surface area contributed by atoms with Crippen LogP contribution in [0.25, 0.3) is 0 Å². The maximum absolute atomic E-state index is 14.0. The molecule has 5 nitrogen and oxygen atoms in total. The molecule has 0 saturated heterocycles. The van der Waals surface area contributed by atoms with Crippen LogP contribution in [0.2, 0.25) is 0 Å². The zero-order valence-electron chi connectivity index (χ0n) is 17.5. The number of halogens is 1. The molecule has 0 aliphatic rings. The maximum atomic E-state index is 14.0. The Balaban J connectivity index is 2.06. The summed E-state index contributed by atoms with van der Waals surface area (Å²) in [6.07, 6.45) is 1.73. The Morgan fingerprint density at radius 1 is 1.17 bits per heavy atom. The lowest BCUT2D eigenvalue weighted by Crippen LogP contribution is -2.36. The first-order valence-corrected chi connectivity index (χ1v) is 9.79. The van der Waals surface area contributed by atoms with Gasteiger partial charge in [0.05, 0.1) is 6.54 Å². The van der Waals surface area contributed by atoms with E-state index in [4.69, 9.17) is 4.74 Å². The Bertz CT molecular complexity index is 820. The average molecular weight is 399 g/mol. The number of hydrogen-bond acceptors (Lipinski definition) is 3. The number of nitrogens with one attached hydrogen (secondary N) is 2. The average Bonchev–Trinajstić information content (AvgIpc) is 2.71. The maximum Gasteiger partial charge on any atom is 0.191 e. The van der Waals surface area contributed by atoms with Crippen LogP contribution in [0.3, 0.4) is 0 Å². The van der Waals surface area contributed by atoms with Gasteiger partial charge in [-0.05, 0) is 44.8 Å². The van der Waals surface area contributed by atoms with Crippen molar-refractivity contribution in [2.75, 3.05) is 27.2 Å². The molecular formula is C23H31FN4O. The summed E-state index contributed by atoms with van der Waals surface area (Å²) in [7, 11) is 3.85. The van der Waals surface area contributed by atoms with E-state index in [0.29, 0.717) is 37.8 Å². The second-order valence-corrected chi connectivity index (χ2v) is 6.92. The molecule has 0 amide bonds. The first kappa shape index (κ1) is 22.4. The molecule has 0 spiro atoms. The van der Waals surface area contributed by atoms with Crippen molar-refractivity contribution in [1.82, 2.24) is 15.5 Å². The van der Waals surface area contributed by atoms with E-state index >= 15 is 0 Å². The fourth-order valence-corrected chi connectivity index (χ4v) is 2.82. The summed E-state index contributed by atoms with van der Waals surface area (Å²) in [4.78, 5) is 6.59. The lowest BCUT2D eigenvalue weighted by atomic mass is 10.1. The van der Waals surface area contributed by atoms with Gasteiger partial charge in [-0.15, -0.1) is 0 Å². The van der Waals surface area contributed by atoms with Crippen LogP contribution >= 0.6 is 0 Å². The van der Waals surface area contributed by atoms with E-state index in [9.17, 15) is 4.39 Å². The summed E-state index contributed by atoms with van der Waals surface area (Å²) in [5.41, 5.74) is 2.68. The molecule has 2 N–H and O–H groups in total. The number of rotatable bonds is 10. The Morgan fingerprint density at radius 2 is 1.97 bits per heavy atom. The highest BCUT2D eigenvalue weighted by Crippen LogP contribution is 2.17. The highest BCUT2D eigenvalue weighted by atomic mass is 19.1. The van der Waals surface area contributed by atoms with Crippen molar-refractivity contribution in [3.63, 3.8) is 0 Å². The monoisotopic (exact) mass is 398 g/mol. The van der Waals surface area contributed by atoms with Crippen molar-refractivity contribution >= 4 is 5.96 Å². The summed E-state index contributed by atoms with van der Waals surface area (Å²) in [5.74, 6) is 1.33. The van der Waals surface area contributed by atoms with Crippen molar-refractivity contribution in [2.24, 2.45) is 4.99 Å². The molecule has 2 aromatic rings. The van der Waals surface area contributed by atoms with Crippen LogP contribution in [0.15, 0.2) is 60.1 Å². The molecule has 0 fully saturated rings. The largest absolute Gasteiger partial charge is 0.489 e. The van der Waals surface area contributed by atoms with Crippen LogP contribution in [0.1, 0.15) is 23.6 Å². The lowest BCUT2D eigenvalue weighted by molar-refractivity contribution is 0.358. The molecule has 0 radical (unpaired) electrons. The van der Waals surface area contributed by atoms with E-state index in [1.54, 1.807) is 12.1 Å². The van der Waals surface area contributed by atoms with Gasteiger partial charge in [-0.1, -0.05) is 36.9 Å². The minimum Gasteiger partial charge on any atom is -0.489 e. The van der Waals surface area contributed by atoms with E-state index < -0.39 is 0 Å². The van der Waals surface area contributed by atoms with Crippen LogP contribution < -0.4 is 15.4 Å². The standard InChI is InChI=1S/C23H31FN4O/c1-5-13-29-22-10-8-7-9-19(22)16-27-23(25-6-2)26-15-18-11-12-21(24)20(14-18)17-28(3)4/h5,7-12,14H,1,6,13,15-17H2,2-4H3,(H2,25,26,27). The number of aliphatic imine (C=N–C) groups is 1. The molecular weight excluding hydrogens is 367 g/mol. The molecule has 0 heterocycles. The van der Waals surface area contributed by atoms with E-state index in [2.05, 4.69) is 22.2 Å². The highest BCUT2D eigenvalue weighted by Gasteiger charge is 2.07. The van der Waals surface area contributed by atoms with Gasteiger partial charge >= 0.3 is 0 Å². The van der Waals surface area contributed by atoms with Gasteiger partial charge in [0.25, 0.3) is 0 Å². The molecule has 0 atom stereocenters. The molecule has 2 rings (SSSR count). The fourth-order valence-electron chi connectivity index (χ4n) is 2.82. The van der Waals surface area contributed by atoms with Gasteiger partial charge in [0.1, 0.15) is 18.2 Å². The fraction of sp³-hybridized carbons (Fsp3) is 0.348. The number of hydrogen-bond donors (Lipinski definition) is 2. The van der Waals surface area contributed by atoms with Gasteiger partial charge in [0, 0.05) is 30.8 Å². The summed E-state index contributed by atoms with van der Waals surface area (Å²) in [5, 5.41) is 6.58.